The van der Waals surface area contributed by atoms with Gasteiger partial charge in [-0.15, -0.1) is 0 Å². The molecule has 1 aromatic heterocycles. The summed E-state index contributed by atoms with van der Waals surface area (Å²) < 4.78 is 7.04. The van der Waals surface area contributed by atoms with Crippen molar-refractivity contribution in [1.29, 1.82) is 0 Å². The Labute approximate surface area is 90.9 Å². The van der Waals surface area contributed by atoms with Gasteiger partial charge in [-0.2, -0.15) is 5.10 Å². The van der Waals surface area contributed by atoms with Crippen LogP contribution in [0.25, 0.3) is 0 Å². The van der Waals surface area contributed by atoms with Gasteiger partial charge in [-0.25, -0.2) is 0 Å². The van der Waals surface area contributed by atoms with Crippen LogP contribution in [0.15, 0.2) is 12.4 Å². The predicted molar refractivity (Wildman–Crippen MR) is 58.6 cm³/mol. The lowest BCUT2D eigenvalue weighted by Crippen LogP contribution is -2.16. The van der Waals surface area contributed by atoms with Gasteiger partial charge in [0.2, 0.25) is 0 Å². The second kappa shape index (κ2) is 6.58. The minimum atomic E-state index is -0.364. The topological polar surface area (TPSA) is 47.3 Å². The number of ether oxygens (including phenoxy) is 1. The maximum Gasteiger partial charge on any atom is 0.0776 e. The number of aliphatic hydroxyl groups is 1. The van der Waals surface area contributed by atoms with E-state index in [0.29, 0.717) is 6.61 Å². The molecule has 1 rings (SSSR count). The Morgan fingerprint density at radius 2 is 2.40 bits per heavy atom. The van der Waals surface area contributed by atoms with Crippen molar-refractivity contribution in [1.82, 2.24) is 9.78 Å². The van der Waals surface area contributed by atoms with Crippen molar-refractivity contribution in [3.05, 3.63) is 18.0 Å². The molecule has 1 aromatic rings. The van der Waals surface area contributed by atoms with Crippen molar-refractivity contribution in [2.24, 2.45) is 7.05 Å². The zero-order valence-corrected chi connectivity index (χ0v) is 9.52. The molecule has 0 radical (unpaired) electrons. The summed E-state index contributed by atoms with van der Waals surface area (Å²) in [6, 6.07) is 0. The van der Waals surface area contributed by atoms with Crippen LogP contribution in [0.5, 0.6) is 0 Å². The Morgan fingerprint density at radius 3 is 3.00 bits per heavy atom. The fourth-order valence-corrected chi connectivity index (χ4v) is 1.38. The lowest BCUT2D eigenvalue weighted by Gasteiger charge is -2.09. The van der Waals surface area contributed by atoms with Gasteiger partial charge >= 0.3 is 0 Å². The number of hydrogen-bond acceptors (Lipinski definition) is 3. The summed E-state index contributed by atoms with van der Waals surface area (Å²) in [4.78, 5) is 0. The van der Waals surface area contributed by atoms with Crippen molar-refractivity contribution >= 4 is 0 Å². The zero-order valence-electron chi connectivity index (χ0n) is 9.52. The normalized spacial score (nSPS) is 13.0. The molecule has 0 fully saturated rings. The first-order valence-electron chi connectivity index (χ1n) is 5.45. The SMILES string of the molecule is CCCOCC(O)CCc1cnn(C)c1. The molecule has 1 atom stereocenters. The lowest BCUT2D eigenvalue weighted by molar-refractivity contribution is 0.0330. The van der Waals surface area contributed by atoms with Gasteiger partial charge in [0.1, 0.15) is 0 Å². The Morgan fingerprint density at radius 1 is 1.60 bits per heavy atom. The molecule has 1 unspecified atom stereocenters. The van der Waals surface area contributed by atoms with Gasteiger partial charge in [0.25, 0.3) is 0 Å². The van der Waals surface area contributed by atoms with Gasteiger partial charge < -0.3 is 9.84 Å². The third-order valence-electron chi connectivity index (χ3n) is 2.18. The van der Waals surface area contributed by atoms with E-state index in [-0.39, 0.29) is 6.10 Å². The molecule has 0 saturated heterocycles. The quantitative estimate of drug-likeness (QED) is 0.689. The van der Waals surface area contributed by atoms with Crippen LogP contribution < -0.4 is 0 Å². The highest BCUT2D eigenvalue weighted by Gasteiger charge is 2.05. The number of aliphatic hydroxyl groups excluding tert-OH is 1. The average Bonchev–Trinajstić information content (AvgIpc) is 2.62. The van der Waals surface area contributed by atoms with E-state index in [1.54, 1.807) is 4.68 Å². The van der Waals surface area contributed by atoms with Crippen LogP contribution in [0.4, 0.5) is 0 Å². The van der Waals surface area contributed by atoms with E-state index < -0.39 is 0 Å². The van der Waals surface area contributed by atoms with E-state index in [2.05, 4.69) is 12.0 Å². The van der Waals surface area contributed by atoms with Crippen molar-refractivity contribution in [3.8, 4) is 0 Å². The van der Waals surface area contributed by atoms with Crippen LogP contribution in [0.2, 0.25) is 0 Å². The first-order valence-corrected chi connectivity index (χ1v) is 5.45. The molecule has 0 aliphatic heterocycles. The van der Waals surface area contributed by atoms with Crippen molar-refractivity contribution in [2.75, 3.05) is 13.2 Å². The molecule has 0 aliphatic rings. The first-order chi connectivity index (χ1) is 7.22. The smallest absolute Gasteiger partial charge is 0.0776 e. The van der Waals surface area contributed by atoms with E-state index in [1.165, 1.54) is 0 Å². The van der Waals surface area contributed by atoms with E-state index in [9.17, 15) is 5.11 Å². The maximum atomic E-state index is 9.59. The van der Waals surface area contributed by atoms with Crippen molar-refractivity contribution in [2.45, 2.75) is 32.3 Å². The monoisotopic (exact) mass is 212 g/mol. The second-order valence-corrected chi connectivity index (χ2v) is 3.79. The molecule has 1 N–H and O–H groups in total. The van der Waals surface area contributed by atoms with Crippen LogP contribution in [-0.4, -0.2) is 34.2 Å². The van der Waals surface area contributed by atoms with Crippen molar-refractivity contribution in [3.63, 3.8) is 0 Å². The third kappa shape index (κ3) is 4.95. The summed E-state index contributed by atoms with van der Waals surface area (Å²) in [6.07, 6.45) is 6.02. The molecule has 0 bridgehead atoms. The highest BCUT2D eigenvalue weighted by Crippen LogP contribution is 2.04. The van der Waals surface area contributed by atoms with Crippen LogP contribution >= 0.6 is 0 Å². The molecule has 15 heavy (non-hydrogen) atoms. The Bertz CT molecular complexity index is 273. The van der Waals surface area contributed by atoms with Gasteiger partial charge in [0.05, 0.1) is 18.9 Å². The summed E-state index contributed by atoms with van der Waals surface area (Å²) in [6.45, 7) is 3.22. The van der Waals surface area contributed by atoms with Crippen LogP contribution in [0, 0.1) is 0 Å². The number of aryl methyl sites for hydroxylation is 2. The number of hydrogen-bond donors (Lipinski definition) is 1. The summed E-state index contributed by atoms with van der Waals surface area (Å²) in [5.41, 5.74) is 1.16. The van der Waals surface area contributed by atoms with E-state index >= 15 is 0 Å². The average molecular weight is 212 g/mol. The minimum absolute atomic E-state index is 0.364. The van der Waals surface area contributed by atoms with Gasteiger partial charge in [-0.3, -0.25) is 4.68 Å². The standard InChI is InChI=1S/C11H20N2O2/c1-3-6-15-9-11(14)5-4-10-7-12-13(2)8-10/h7-8,11,14H,3-6,9H2,1-2H3. The van der Waals surface area contributed by atoms with Crippen LogP contribution in [-0.2, 0) is 18.2 Å². The highest BCUT2D eigenvalue weighted by atomic mass is 16.5. The first kappa shape index (κ1) is 12.2. The molecular formula is C11H20N2O2. The molecule has 4 nitrogen and oxygen atoms in total. The van der Waals surface area contributed by atoms with Gasteiger partial charge in [-0.05, 0) is 24.8 Å². The number of aromatic nitrogens is 2. The van der Waals surface area contributed by atoms with Crippen LogP contribution in [0.1, 0.15) is 25.3 Å². The molecule has 0 aliphatic carbocycles. The van der Waals surface area contributed by atoms with Crippen LogP contribution in [0.3, 0.4) is 0 Å². The highest BCUT2D eigenvalue weighted by molar-refractivity contribution is 5.03. The second-order valence-electron chi connectivity index (χ2n) is 3.79. The Hall–Kier alpha value is -0.870. The largest absolute Gasteiger partial charge is 0.391 e. The van der Waals surface area contributed by atoms with E-state index in [1.807, 2.05) is 19.4 Å². The van der Waals surface area contributed by atoms with E-state index in [0.717, 1.165) is 31.4 Å². The molecule has 0 aromatic carbocycles. The summed E-state index contributed by atoms with van der Waals surface area (Å²) in [5, 5.41) is 13.7. The molecular weight excluding hydrogens is 192 g/mol. The fraction of sp³-hybridized carbons (Fsp3) is 0.727. The summed E-state index contributed by atoms with van der Waals surface area (Å²) in [7, 11) is 1.89. The molecule has 4 heteroatoms. The number of rotatable bonds is 7. The molecule has 0 saturated carbocycles. The Kier molecular flexibility index (Phi) is 5.36. The molecule has 1 heterocycles. The molecule has 0 amide bonds. The zero-order chi connectivity index (χ0) is 11.1. The van der Waals surface area contributed by atoms with Gasteiger partial charge in [0, 0.05) is 19.9 Å². The maximum absolute atomic E-state index is 9.59. The van der Waals surface area contributed by atoms with Crippen molar-refractivity contribution < 1.29 is 9.84 Å². The summed E-state index contributed by atoms with van der Waals surface area (Å²) in [5.74, 6) is 0. The molecule has 86 valence electrons. The third-order valence-corrected chi connectivity index (χ3v) is 2.18. The predicted octanol–water partition coefficient (Wildman–Crippen LogP) is 1.14. The van der Waals surface area contributed by atoms with E-state index in [4.69, 9.17) is 4.74 Å². The molecule has 0 spiro atoms. The Balaban J connectivity index is 2.13. The number of nitrogens with zero attached hydrogens (tertiary/aromatic N) is 2. The lowest BCUT2D eigenvalue weighted by atomic mass is 10.1. The summed E-state index contributed by atoms with van der Waals surface area (Å²) >= 11 is 0. The minimum Gasteiger partial charge on any atom is -0.391 e. The fourth-order valence-electron chi connectivity index (χ4n) is 1.38. The van der Waals surface area contributed by atoms with Gasteiger partial charge in [-0.1, -0.05) is 6.92 Å². The van der Waals surface area contributed by atoms with Gasteiger partial charge in [0.15, 0.2) is 0 Å².